The van der Waals surface area contributed by atoms with Crippen LogP contribution in [0.1, 0.15) is 19.8 Å². The second-order valence-electron chi connectivity index (χ2n) is 3.66. The lowest BCUT2D eigenvalue weighted by Gasteiger charge is -2.08. The molecule has 0 saturated carbocycles. The molecule has 0 aromatic heterocycles. The van der Waals surface area contributed by atoms with Crippen molar-refractivity contribution in [3.05, 3.63) is 24.3 Å². The summed E-state index contributed by atoms with van der Waals surface area (Å²) < 4.78 is 0. The number of hydrogen-bond donors (Lipinski definition) is 3. The molecule has 4 N–H and O–H groups in total. The Bertz CT molecular complexity index is 410. The summed E-state index contributed by atoms with van der Waals surface area (Å²) in [7, 11) is 0. The fourth-order valence-electron chi connectivity index (χ4n) is 1.30. The van der Waals surface area contributed by atoms with Crippen molar-refractivity contribution in [2.45, 2.75) is 19.8 Å². The molecule has 0 aliphatic heterocycles. The zero-order valence-electron chi connectivity index (χ0n) is 10.2. The summed E-state index contributed by atoms with van der Waals surface area (Å²) in [5.74, 6) is -0.406. The van der Waals surface area contributed by atoms with Crippen molar-refractivity contribution in [1.29, 1.82) is 0 Å². The third-order valence-electron chi connectivity index (χ3n) is 2.16. The molecule has 0 bridgehead atoms. The van der Waals surface area contributed by atoms with Crippen molar-refractivity contribution >= 4 is 35.6 Å². The van der Waals surface area contributed by atoms with E-state index >= 15 is 0 Å². The van der Waals surface area contributed by atoms with Crippen molar-refractivity contribution in [2.75, 3.05) is 17.6 Å². The number of nitrogens with two attached hydrogens (primary N) is 1. The molecule has 2 amide bonds. The molecule has 0 aliphatic carbocycles. The molecule has 0 unspecified atom stereocenters. The largest absolute Gasteiger partial charge is 0.397 e. The second-order valence-corrected chi connectivity index (χ2v) is 3.66. The van der Waals surface area contributed by atoms with Gasteiger partial charge in [-0.1, -0.05) is 19.1 Å². The van der Waals surface area contributed by atoms with Gasteiger partial charge in [0.2, 0.25) is 11.8 Å². The van der Waals surface area contributed by atoms with E-state index in [9.17, 15) is 9.59 Å². The average Bonchev–Trinajstić information content (AvgIpc) is 2.30. The molecule has 0 radical (unpaired) electrons. The van der Waals surface area contributed by atoms with Gasteiger partial charge in [0.15, 0.2) is 0 Å². The van der Waals surface area contributed by atoms with Crippen molar-refractivity contribution in [3.63, 3.8) is 0 Å². The maximum atomic E-state index is 11.5. The van der Waals surface area contributed by atoms with Crippen LogP contribution in [0.5, 0.6) is 0 Å². The monoisotopic (exact) mass is 271 g/mol. The molecule has 18 heavy (non-hydrogen) atoms. The lowest BCUT2D eigenvalue weighted by molar-refractivity contribution is -0.124. The first-order chi connectivity index (χ1) is 8.13. The van der Waals surface area contributed by atoms with Gasteiger partial charge in [-0.3, -0.25) is 9.59 Å². The summed E-state index contributed by atoms with van der Waals surface area (Å²) in [4.78, 5) is 22.6. The van der Waals surface area contributed by atoms with Gasteiger partial charge in [0, 0.05) is 6.42 Å². The van der Waals surface area contributed by atoms with E-state index in [1.54, 1.807) is 24.3 Å². The van der Waals surface area contributed by atoms with Crippen LogP contribution in [0.15, 0.2) is 24.3 Å². The smallest absolute Gasteiger partial charge is 0.243 e. The van der Waals surface area contributed by atoms with E-state index < -0.39 is 0 Å². The number of hydrogen-bond acceptors (Lipinski definition) is 3. The maximum absolute atomic E-state index is 11.5. The van der Waals surface area contributed by atoms with Crippen LogP contribution in [-0.4, -0.2) is 18.4 Å². The van der Waals surface area contributed by atoms with Crippen molar-refractivity contribution < 1.29 is 9.59 Å². The Kier molecular flexibility index (Phi) is 7.54. The van der Waals surface area contributed by atoms with Crippen LogP contribution < -0.4 is 16.4 Å². The van der Waals surface area contributed by atoms with Crippen LogP contribution in [-0.2, 0) is 9.59 Å². The van der Waals surface area contributed by atoms with Crippen LogP contribution in [0.25, 0.3) is 0 Å². The zero-order valence-corrected chi connectivity index (χ0v) is 11.0. The quantitative estimate of drug-likeness (QED) is 0.711. The van der Waals surface area contributed by atoms with Crippen LogP contribution in [0.4, 0.5) is 11.4 Å². The number of halogens is 1. The van der Waals surface area contributed by atoms with E-state index in [1.807, 2.05) is 6.92 Å². The molecule has 1 aromatic rings. The van der Waals surface area contributed by atoms with Crippen LogP contribution in [0, 0.1) is 0 Å². The molecule has 0 aliphatic rings. The standard InChI is InChI=1S/C12H17N3O2.ClH/c1-2-5-11(16)14-8-12(17)15-10-7-4-3-6-9(10)13;/h3-4,6-7H,2,5,8,13H2,1H3,(H,14,16)(H,15,17);1H. The minimum absolute atomic E-state index is 0. The molecular formula is C12H18ClN3O2. The SMILES string of the molecule is CCCC(=O)NCC(=O)Nc1ccccc1N.Cl. The number of carbonyl (C=O) groups is 2. The van der Waals surface area contributed by atoms with Crippen molar-refractivity contribution in [1.82, 2.24) is 5.32 Å². The minimum atomic E-state index is -0.285. The fraction of sp³-hybridized carbons (Fsp3) is 0.333. The summed E-state index contributed by atoms with van der Waals surface area (Å²) in [5, 5.41) is 5.16. The number of carbonyl (C=O) groups excluding carboxylic acids is 2. The Hall–Kier alpha value is -1.75. The van der Waals surface area contributed by atoms with Crippen molar-refractivity contribution in [2.24, 2.45) is 0 Å². The van der Waals surface area contributed by atoms with Gasteiger partial charge in [-0.15, -0.1) is 12.4 Å². The highest BCUT2D eigenvalue weighted by molar-refractivity contribution is 5.96. The molecular weight excluding hydrogens is 254 g/mol. The first-order valence-corrected chi connectivity index (χ1v) is 5.54. The van der Waals surface area contributed by atoms with Gasteiger partial charge < -0.3 is 16.4 Å². The molecule has 1 rings (SSSR count). The fourth-order valence-corrected chi connectivity index (χ4v) is 1.30. The second kappa shape index (κ2) is 8.36. The molecule has 100 valence electrons. The van der Waals surface area contributed by atoms with Gasteiger partial charge in [0.25, 0.3) is 0 Å². The predicted octanol–water partition coefficient (Wildman–Crippen LogP) is 1.55. The van der Waals surface area contributed by atoms with E-state index in [0.717, 1.165) is 6.42 Å². The molecule has 6 heteroatoms. The molecule has 0 spiro atoms. The normalized spacial score (nSPS) is 9.17. The molecule has 1 aromatic carbocycles. The number of para-hydroxylation sites is 2. The molecule has 0 saturated heterocycles. The van der Waals surface area contributed by atoms with Gasteiger partial charge in [-0.25, -0.2) is 0 Å². The zero-order chi connectivity index (χ0) is 12.7. The number of nitrogen functional groups attached to an aromatic ring is 1. The lowest BCUT2D eigenvalue weighted by atomic mass is 10.2. The summed E-state index contributed by atoms with van der Waals surface area (Å²) >= 11 is 0. The summed E-state index contributed by atoms with van der Waals surface area (Å²) in [6.07, 6.45) is 1.19. The Morgan fingerprint density at radius 2 is 1.89 bits per heavy atom. The van der Waals surface area contributed by atoms with E-state index in [1.165, 1.54) is 0 Å². The number of anilines is 2. The highest BCUT2D eigenvalue weighted by Crippen LogP contribution is 2.16. The van der Waals surface area contributed by atoms with Gasteiger partial charge in [-0.2, -0.15) is 0 Å². The van der Waals surface area contributed by atoms with E-state index in [2.05, 4.69) is 10.6 Å². The average molecular weight is 272 g/mol. The lowest BCUT2D eigenvalue weighted by Crippen LogP contribution is -2.32. The Labute approximate surface area is 113 Å². The third-order valence-corrected chi connectivity index (χ3v) is 2.16. The first kappa shape index (κ1) is 16.2. The number of rotatable bonds is 5. The van der Waals surface area contributed by atoms with Gasteiger partial charge >= 0.3 is 0 Å². The molecule has 5 nitrogen and oxygen atoms in total. The number of amides is 2. The topological polar surface area (TPSA) is 84.2 Å². The first-order valence-electron chi connectivity index (χ1n) is 5.54. The van der Waals surface area contributed by atoms with Gasteiger partial charge in [0.05, 0.1) is 17.9 Å². The Balaban J connectivity index is 0.00000289. The molecule has 0 fully saturated rings. The summed E-state index contributed by atoms with van der Waals surface area (Å²) in [6, 6.07) is 6.97. The summed E-state index contributed by atoms with van der Waals surface area (Å²) in [6.45, 7) is 1.87. The summed E-state index contributed by atoms with van der Waals surface area (Å²) in [5.41, 5.74) is 6.73. The third kappa shape index (κ3) is 5.54. The van der Waals surface area contributed by atoms with Crippen LogP contribution in [0.2, 0.25) is 0 Å². The van der Waals surface area contributed by atoms with E-state index in [0.29, 0.717) is 17.8 Å². The van der Waals surface area contributed by atoms with Crippen molar-refractivity contribution in [3.8, 4) is 0 Å². The highest BCUT2D eigenvalue weighted by atomic mass is 35.5. The van der Waals surface area contributed by atoms with Crippen LogP contribution in [0.3, 0.4) is 0 Å². The Morgan fingerprint density at radius 1 is 1.22 bits per heavy atom. The highest BCUT2D eigenvalue weighted by Gasteiger charge is 2.06. The molecule has 0 heterocycles. The number of nitrogens with one attached hydrogen (secondary N) is 2. The van der Waals surface area contributed by atoms with Gasteiger partial charge in [0.1, 0.15) is 0 Å². The van der Waals surface area contributed by atoms with E-state index in [4.69, 9.17) is 5.73 Å². The van der Waals surface area contributed by atoms with E-state index in [-0.39, 0.29) is 30.8 Å². The predicted molar refractivity (Wildman–Crippen MR) is 74.6 cm³/mol. The molecule has 0 atom stereocenters. The maximum Gasteiger partial charge on any atom is 0.243 e. The number of benzene rings is 1. The Morgan fingerprint density at radius 3 is 2.50 bits per heavy atom. The van der Waals surface area contributed by atoms with Crippen LogP contribution >= 0.6 is 12.4 Å². The van der Waals surface area contributed by atoms with Gasteiger partial charge in [-0.05, 0) is 18.6 Å². The minimum Gasteiger partial charge on any atom is -0.397 e.